The summed E-state index contributed by atoms with van der Waals surface area (Å²) in [5, 5.41) is 3.15. The summed E-state index contributed by atoms with van der Waals surface area (Å²) < 4.78 is 0. The van der Waals surface area contributed by atoms with E-state index in [1.807, 2.05) is 7.05 Å². The van der Waals surface area contributed by atoms with Gasteiger partial charge in [-0.25, -0.2) is 0 Å². The molecule has 1 aliphatic carbocycles. The van der Waals surface area contributed by atoms with Gasteiger partial charge in [0.2, 0.25) is 0 Å². The van der Waals surface area contributed by atoms with Crippen LogP contribution in [0.25, 0.3) is 0 Å². The molecule has 0 aromatic heterocycles. The van der Waals surface area contributed by atoms with E-state index in [1.54, 1.807) is 0 Å². The van der Waals surface area contributed by atoms with Gasteiger partial charge in [-0.2, -0.15) is 0 Å². The summed E-state index contributed by atoms with van der Waals surface area (Å²) >= 11 is 0. The van der Waals surface area contributed by atoms with Crippen molar-refractivity contribution < 1.29 is 0 Å². The van der Waals surface area contributed by atoms with Crippen LogP contribution in [0.1, 0.15) is 26.2 Å². The van der Waals surface area contributed by atoms with Gasteiger partial charge in [0.15, 0.2) is 0 Å². The predicted octanol–water partition coefficient (Wildman–Crippen LogP) is 1.95. The largest absolute Gasteiger partial charge is 0.316 e. The summed E-state index contributed by atoms with van der Waals surface area (Å²) in [6.45, 7) is 3.26. The lowest BCUT2D eigenvalue weighted by molar-refractivity contribution is 0.385. The van der Waals surface area contributed by atoms with E-state index in [0.717, 1.165) is 12.5 Å². The zero-order chi connectivity index (χ0) is 7.40. The summed E-state index contributed by atoms with van der Waals surface area (Å²) in [4.78, 5) is 0. The van der Waals surface area contributed by atoms with Crippen molar-refractivity contribution in [1.82, 2.24) is 5.32 Å². The third-order valence-corrected chi connectivity index (χ3v) is 2.13. The molecule has 1 heteroatoms. The van der Waals surface area contributed by atoms with E-state index in [1.165, 1.54) is 24.8 Å². The molecule has 1 saturated carbocycles. The molecule has 0 radical (unpaired) electrons. The molecular weight excluding hydrogens is 122 g/mol. The molecule has 0 spiro atoms. The van der Waals surface area contributed by atoms with Crippen LogP contribution in [-0.4, -0.2) is 13.6 Å². The Hall–Kier alpha value is -0.300. The van der Waals surface area contributed by atoms with Crippen LogP contribution in [0.3, 0.4) is 0 Å². The van der Waals surface area contributed by atoms with Crippen molar-refractivity contribution in [3.8, 4) is 0 Å². The summed E-state index contributed by atoms with van der Waals surface area (Å²) in [7, 11) is 2.00. The van der Waals surface area contributed by atoms with E-state index >= 15 is 0 Å². The first kappa shape index (κ1) is 7.80. The average Bonchev–Trinajstić information content (AvgIpc) is 1.80. The van der Waals surface area contributed by atoms with E-state index < -0.39 is 0 Å². The quantitative estimate of drug-likeness (QED) is 0.589. The minimum absolute atomic E-state index is 0.911. The van der Waals surface area contributed by atoms with Crippen LogP contribution in [0.15, 0.2) is 11.6 Å². The highest BCUT2D eigenvalue weighted by atomic mass is 14.8. The van der Waals surface area contributed by atoms with E-state index in [0.29, 0.717) is 0 Å². The maximum Gasteiger partial charge on any atom is 0.0158 e. The summed E-state index contributed by atoms with van der Waals surface area (Å²) in [6, 6.07) is 0. The molecule has 1 nitrogen and oxygen atoms in total. The normalized spacial score (nSPS) is 20.8. The number of allylic oxidation sites excluding steroid dienone is 1. The van der Waals surface area contributed by atoms with Crippen LogP contribution in [0.2, 0.25) is 0 Å². The van der Waals surface area contributed by atoms with Crippen LogP contribution in [-0.2, 0) is 0 Å². The molecule has 1 rings (SSSR count). The summed E-state index contributed by atoms with van der Waals surface area (Å²) in [5.74, 6) is 0.911. The fraction of sp³-hybridized carbons (Fsp3) is 0.778. The molecule has 0 amide bonds. The number of hydrogen-bond donors (Lipinski definition) is 1. The third kappa shape index (κ3) is 2.14. The molecule has 0 aromatic carbocycles. The van der Waals surface area contributed by atoms with E-state index in [9.17, 15) is 0 Å². The Morgan fingerprint density at radius 3 is 2.70 bits per heavy atom. The second-order valence-corrected chi connectivity index (χ2v) is 3.23. The average molecular weight is 139 g/mol. The zero-order valence-electron chi connectivity index (χ0n) is 6.98. The van der Waals surface area contributed by atoms with Gasteiger partial charge in [-0.15, -0.1) is 0 Å². The Morgan fingerprint density at radius 1 is 1.60 bits per heavy atom. The topological polar surface area (TPSA) is 12.0 Å². The highest BCUT2D eigenvalue weighted by Crippen LogP contribution is 2.28. The van der Waals surface area contributed by atoms with Crippen molar-refractivity contribution in [3.05, 3.63) is 11.6 Å². The molecule has 1 fully saturated rings. The molecule has 0 heterocycles. The van der Waals surface area contributed by atoms with E-state index in [2.05, 4.69) is 18.3 Å². The molecule has 0 unspecified atom stereocenters. The molecule has 1 aliphatic rings. The first-order valence-corrected chi connectivity index (χ1v) is 4.15. The number of nitrogens with one attached hydrogen (secondary N) is 1. The zero-order valence-corrected chi connectivity index (χ0v) is 6.98. The van der Waals surface area contributed by atoms with Crippen LogP contribution in [0.5, 0.6) is 0 Å². The fourth-order valence-corrected chi connectivity index (χ4v) is 1.35. The first-order valence-electron chi connectivity index (χ1n) is 4.15. The summed E-state index contributed by atoms with van der Waals surface area (Å²) in [6.07, 6.45) is 6.69. The van der Waals surface area contributed by atoms with Gasteiger partial charge in [0.1, 0.15) is 0 Å². The number of likely N-dealkylation sites (N-methyl/N-ethyl adjacent to an activating group) is 1. The molecule has 0 aliphatic heterocycles. The molecule has 0 saturated heterocycles. The van der Waals surface area contributed by atoms with Gasteiger partial charge < -0.3 is 5.32 Å². The number of hydrogen-bond acceptors (Lipinski definition) is 1. The van der Waals surface area contributed by atoms with Crippen LogP contribution in [0, 0.1) is 5.92 Å². The first-order chi connectivity index (χ1) is 4.83. The Labute approximate surface area is 63.5 Å². The third-order valence-electron chi connectivity index (χ3n) is 2.13. The lowest BCUT2D eigenvalue weighted by atomic mass is 9.84. The Morgan fingerprint density at radius 2 is 2.30 bits per heavy atom. The fourth-order valence-electron chi connectivity index (χ4n) is 1.35. The maximum atomic E-state index is 3.15. The van der Waals surface area contributed by atoms with Crippen molar-refractivity contribution in [2.45, 2.75) is 26.2 Å². The van der Waals surface area contributed by atoms with E-state index in [-0.39, 0.29) is 0 Å². The van der Waals surface area contributed by atoms with Gasteiger partial charge in [-0.1, -0.05) is 18.1 Å². The molecule has 0 bridgehead atoms. The molecule has 58 valence electrons. The van der Waals surface area contributed by atoms with Crippen LogP contribution >= 0.6 is 0 Å². The van der Waals surface area contributed by atoms with Gasteiger partial charge in [0, 0.05) is 6.54 Å². The van der Waals surface area contributed by atoms with Crippen molar-refractivity contribution in [3.63, 3.8) is 0 Å². The highest BCUT2D eigenvalue weighted by molar-refractivity contribution is 5.04. The Bertz CT molecular complexity index is 123. The summed E-state index contributed by atoms with van der Waals surface area (Å²) in [5.41, 5.74) is 1.49. The molecule has 1 N–H and O–H groups in total. The standard InChI is InChI=1S/C9H17N/c1-8(7-10-2)6-9-4-3-5-9/h6,9-10H,3-5,7H2,1-2H3. The van der Waals surface area contributed by atoms with Gasteiger partial charge in [-0.05, 0) is 32.7 Å². The Kier molecular flexibility index (Phi) is 2.94. The smallest absolute Gasteiger partial charge is 0.0158 e. The Balaban J connectivity index is 2.22. The minimum atomic E-state index is 0.911. The lowest BCUT2D eigenvalue weighted by Crippen LogP contribution is -2.13. The SMILES string of the molecule is CNCC(C)=CC1CCC1. The molecule has 0 aromatic rings. The molecule has 0 atom stereocenters. The number of rotatable bonds is 3. The van der Waals surface area contributed by atoms with Gasteiger partial charge in [-0.3, -0.25) is 0 Å². The second-order valence-electron chi connectivity index (χ2n) is 3.23. The van der Waals surface area contributed by atoms with Gasteiger partial charge in [0.25, 0.3) is 0 Å². The highest BCUT2D eigenvalue weighted by Gasteiger charge is 2.13. The molecule has 10 heavy (non-hydrogen) atoms. The minimum Gasteiger partial charge on any atom is -0.316 e. The van der Waals surface area contributed by atoms with Crippen molar-refractivity contribution >= 4 is 0 Å². The maximum absolute atomic E-state index is 3.15. The van der Waals surface area contributed by atoms with Crippen molar-refractivity contribution in [2.75, 3.05) is 13.6 Å². The van der Waals surface area contributed by atoms with Crippen LogP contribution in [0.4, 0.5) is 0 Å². The van der Waals surface area contributed by atoms with Gasteiger partial charge in [0.05, 0.1) is 0 Å². The van der Waals surface area contributed by atoms with E-state index in [4.69, 9.17) is 0 Å². The lowest BCUT2D eigenvalue weighted by Gasteiger charge is -2.22. The molecular formula is C9H17N. The van der Waals surface area contributed by atoms with Crippen molar-refractivity contribution in [2.24, 2.45) is 5.92 Å². The predicted molar refractivity (Wildman–Crippen MR) is 45.0 cm³/mol. The second kappa shape index (κ2) is 3.77. The van der Waals surface area contributed by atoms with Crippen LogP contribution < -0.4 is 5.32 Å². The van der Waals surface area contributed by atoms with Gasteiger partial charge >= 0.3 is 0 Å². The van der Waals surface area contributed by atoms with Crippen molar-refractivity contribution in [1.29, 1.82) is 0 Å². The monoisotopic (exact) mass is 139 g/mol.